The number of nitrogens with zero attached hydrogens (tertiary/aromatic N) is 1. The number of rotatable bonds is 3. The van der Waals surface area contributed by atoms with E-state index in [1.54, 1.807) is 0 Å². The summed E-state index contributed by atoms with van der Waals surface area (Å²) >= 11 is 0. The van der Waals surface area contributed by atoms with Gasteiger partial charge in [-0.2, -0.15) is 0 Å². The second-order valence-electron chi connectivity index (χ2n) is 5.76. The minimum atomic E-state index is -0.706. The minimum absolute atomic E-state index is 0.578. The fraction of sp³-hybridized carbons (Fsp3) is 0.923. The number of hydrogen-bond donors (Lipinski definition) is 2. The first-order chi connectivity index (χ1) is 8.05. The fourth-order valence-corrected chi connectivity index (χ4v) is 3.33. The molecule has 4 nitrogen and oxygen atoms in total. The summed E-state index contributed by atoms with van der Waals surface area (Å²) in [5, 5.41) is 12.4. The first kappa shape index (κ1) is 12.8. The SMILES string of the molecule is CCN1CCC(C2CCNC(C)(C(=O)O)C2)C1. The molecule has 0 aromatic heterocycles. The van der Waals surface area contributed by atoms with E-state index in [0.717, 1.165) is 32.5 Å². The van der Waals surface area contributed by atoms with Crippen molar-refractivity contribution in [3.05, 3.63) is 0 Å². The van der Waals surface area contributed by atoms with E-state index < -0.39 is 11.5 Å². The Bertz CT molecular complexity index is 295. The second kappa shape index (κ2) is 4.94. The molecule has 0 bridgehead atoms. The van der Waals surface area contributed by atoms with Crippen molar-refractivity contribution < 1.29 is 9.90 Å². The van der Waals surface area contributed by atoms with Crippen LogP contribution < -0.4 is 5.32 Å². The molecular weight excluding hydrogens is 216 g/mol. The highest BCUT2D eigenvalue weighted by molar-refractivity contribution is 5.78. The molecule has 2 fully saturated rings. The van der Waals surface area contributed by atoms with Crippen LogP contribution in [0.25, 0.3) is 0 Å². The monoisotopic (exact) mass is 240 g/mol. The molecule has 2 rings (SSSR count). The molecule has 2 heterocycles. The van der Waals surface area contributed by atoms with Crippen LogP contribution in [0.3, 0.4) is 0 Å². The second-order valence-corrected chi connectivity index (χ2v) is 5.76. The van der Waals surface area contributed by atoms with E-state index in [1.165, 1.54) is 13.0 Å². The summed E-state index contributed by atoms with van der Waals surface area (Å²) in [6.45, 7) is 8.35. The summed E-state index contributed by atoms with van der Waals surface area (Å²) in [6.07, 6.45) is 3.16. The predicted octanol–water partition coefficient (Wildman–Crippen LogP) is 1.17. The Kier molecular flexibility index (Phi) is 3.73. The molecule has 0 aromatic carbocycles. The van der Waals surface area contributed by atoms with Gasteiger partial charge in [0.1, 0.15) is 5.54 Å². The van der Waals surface area contributed by atoms with Crippen molar-refractivity contribution in [3.8, 4) is 0 Å². The van der Waals surface area contributed by atoms with Crippen LogP contribution in [0.4, 0.5) is 0 Å². The molecule has 3 unspecified atom stereocenters. The highest BCUT2D eigenvalue weighted by atomic mass is 16.4. The van der Waals surface area contributed by atoms with E-state index in [9.17, 15) is 9.90 Å². The lowest BCUT2D eigenvalue weighted by molar-refractivity contribution is -0.146. The number of nitrogens with one attached hydrogen (secondary N) is 1. The van der Waals surface area contributed by atoms with Crippen LogP contribution in [0.5, 0.6) is 0 Å². The van der Waals surface area contributed by atoms with Crippen molar-refractivity contribution in [2.24, 2.45) is 11.8 Å². The van der Waals surface area contributed by atoms with Gasteiger partial charge in [-0.1, -0.05) is 6.92 Å². The van der Waals surface area contributed by atoms with Gasteiger partial charge in [0.05, 0.1) is 0 Å². The molecule has 0 saturated carbocycles. The average molecular weight is 240 g/mol. The number of likely N-dealkylation sites (tertiary alicyclic amines) is 1. The molecule has 4 heteroatoms. The maximum absolute atomic E-state index is 11.3. The third kappa shape index (κ3) is 2.63. The van der Waals surface area contributed by atoms with E-state index in [2.05, 4.69) is 17.1 Å². The van der Waals surface area contributed by atoms with Gasteiger partial charge in [-0.05, 0) is 57.7 Å². The minimum Gasteiger partial charge on any atom is -0.480 e. The predicted molar refractivity (Wildman–Crippen MR) is 67.0 cm³/mol. The van der Waals surface area contributed by atoms with Gasteiger partial charge < -0.3 is 15.3 Å². The van der Waals surface area contributed by atoms with Crippen LogP contribution >= 0.6 is 0 Å². The van der Waals surface area contributed by atoms with E-state index in [4.69, 9.17) is 0 Å². The maximum atomic E-state index is 11.3. The number of aliphatic carboxylic acids is 1. The van der Waals surface area contributed by atoms with Gasteiger partial charge in [-0.3, -0.25) is 4.79 Å². The molecule has 2 aliphatic heterocycles. The molecule has 2 saturated heterocycles. The summed E-state index contributed by atoms with van der Waals surface area (Å²) in [5.74, 6) is 0.581. The van der Waals surface area contributed by atoms with Gasteiger partial charge in [-0.25, -0.2) is 0 Å². The Morgan fingerprint density at radius 3 is 2.82 bits per heavy atom. The van der Waals surface area contributed by atoms with Crippen molar-refractivity contribution in [1.29, 1.82) is 0 Å². The number of carboxylic acids is 1. The molecular formula is C13H24N2O2. The summed E-state index contributed by atoms with van der Waals surface area (Å²) in [7, 11) is 0. The standard InChI is InChI=1S/C13H24N2O2/c1-3-15-7-5-11(9-15)10-4-6-14-13(2,8-10)12(16)17/h10-11,14H,3-9H2,1-2H3,(H,16,17). The molecule has 98 valence electrons. The molecule has 0 aliphatic carbocycles. The summed E-state index contributed by atoms with van der Waals surface area (Å²) in [4.78, 5) is 13.8. The molecule has 3 atom stereocenters. The summed E-state index contributed by atoms with van der Waals surface area (Å²) < 4.78 is 0. The number of carbonyl (C=O) groups is 1. The molecule has 17 heavy (non-hydrogen) atoms. The molecule has 0 amide bonds. The molecule has 0 radical (unpaired) electrons. The Labute approximate surface area is 103 Å². The van der Waals surface area contributed by atoms with Gasteiger partial charge in [0.15, 0.2) is 0 Å². The number of carboxylic acid groups (broad SMARTS) is 1. The summed E-state index contributed by atoms with van der Waals surface area (Å²) in [5.41, 5.74) is -0.706. The zero-order valence-corrected chi connectivity index (χ0v) is 10.9. The third-order valence-electron chi connectivity index (χ3n) is 4.60. The quantitative estimate of drug-likeness (QED) is 0.777. The topological polar surface area (TPSA) is 52.6 Å². The summed E-state index contributed by atoms with van der Waals surface area (Å²) in [6, 6.07) is 0. The van der Waals surface area contributed by atoms with Crippen molar-refractivity contribution in [2.75, 3.05) is 26.2 Å². The van der Waals surface area contributed by atoms with Crippen LogP contribution in [0.2, 0.25) is 0 Å². The molecule has 2 N–H and O–H groups in total. The van der Waals surface area contributed by atoms with Crippen LogP contribution in [-0.2, 0) is 4.79 Å². The van der Waals surface area contributed by atoms with Crippen molar-refractivity contribution in [1.82, 2.24) is 10.2 Å². The van der Waals surface area contributed by atoms with E-state index in [1.807, 2.05) is 6.92 Å². The van der Waals surface area contributed by atoms with Crippen molar-refractivity contribution in [3.63, 3.8) is 0 Å². The average Bonchev–Trinajstić information content (AvgIpc) is 2.77. The smallest absolute Gasteiger partial charge is 0.323 e. The van der Waals surface area contributed by atoms with Crippen LogP contribution in [-0.4, -0.2) is 47.7 Å². The van der Waals surface area contributed by atoms with Gasteiger partial charge in [0.2, 0.25) is 0 Å². The maximum Gasteiger partial charge on any atom is 0.323 e. The van der Waals surface area contributed by atoms with Gasteiger partial charge in [-0.15, -0.1) is 0 Å². The lowest BCUT2D eigenvalue weighted by atomic mass is 9.76. The van der Waals surface area contributed by atoms with Gasteiger partial charge in [0.25, 0.3) is 0 Å². The Morgan fingerprint density at radius 1 is 1.47 bits per heavy atom. The third-order valence-corrected chi connectivity index (χ3v) is 4.60. The fourth-order valence-electron chi connectivity index (χ4n) is 3.33. The first-order valence-corrected chi connectivity index (χ1v) is 6.76. The lowest BCUT2D eigenvalue weighted by Gasteiger charge is -2.38. The van der Waals surface area contributed by atoms with E-state index in [0.29, 0.717) is 11.8 Å². The van der Waals surface area contributed by atoms with Gasteiger partial charge >= 0.3 is 5.97 Å². The van der Waals surface area contributed by atoms with Gasteiger partial charge in [0, 0.05) is 6.54 Å². The van der Waals surface area contributed by atoms with Crippen LogP contribution in [0.1, 0.15) is 33.1 Å². The van der Waals surface area contributed by atoms with E-state index in [-0.39, 0.29) is 0 Å². The highest BCUT2D eigenvalue weighted by Crippen LogP contribution is 2.35. The normalized spacial score (nSPS) is 39.4. The molecule has 2 aliphatic rings. The molecule has 0 aromatic rings. The Balaban J connectivity index is 1.96. The zero-order chi connectivity index (χ0) is 12.5. The highest BCUT2D eigenvalue weighted by Gasteiger charge is 2.41. The zero-order valence-electron chi connectivity index (χ0n) is 10.9. The number of hydrogen-bond acceptors (Lipinski definition) is 3. The van der Waals surface area contributed by atoms with Crippen LogP contribution in [0.15, 0.2) is 0 Å². The van der Waals surface area contributed by atoms with Crippen molar-refractivity contribution in [2.45, 2.75) is 38.6 Å². The first-order valence-electron chi connectivity index (χ1n) is 6.76. The van der Waals surface area contributed by atoms with E-state index >= 15 is 0 Å². The Hall–Kier alpha value is -0.610. The molecule has 0 spiro atoms. The lowest BCUT2D eigenvalue weighted by Crippen LogP contribution is -2.55. The number of piperidine rings is 1. The largest absolute Gasteiger partial charge is 0.480 e. The van der Waals surface area contributed by atoms with Crippen LogP contribution in [0, 0.1) is 11.8 Å². The van der Waals surface area contributed by atoms with Crippen molar-refractivity contribution >= 4 is 5.97 Å². The Morgan fingerprint density at radius 2 is 2.24 bits per heavy atom.